The van der Waals surface area contributed by atoms with Gasteiger partial charge >= 0.3 is 0 Å². The van der Waals surface area contributed by atoms with E-state index >= 15 is 0 Å². The third kappa shape index (κ3) is 2.73. The highest BCUT2D eigenvalue weighted by molar-refractivity contribution is 6.05. The number of ether oxygens (including phenoxy) is 2. The molecule has 106 valence electrons. The van der Waals surface area contributed by atoms with Gasteiger partial charge in [-0.05, 0) is 51.9 Å². The Bertz CT molecular complexity index is 493. The van der Waals surface area contributed by atoms with Crippen molar-refractivity contribution in [3.63, 3.8) is 0 Å². The summed E-state index contributed by atoms with van der Waals surface area (Å²) in [6.45, 7) is 7.57. The zero-order valence-corrected chi connectivity index (χ0v) is 12.8. The fraction of sp³-hybridized carbons (Fsp3) is 0.533. The molecule has 0 saturated heterocycles. The predicted molar refractivity (Wildman–Crippen MR) is 76.5 cm³/mol. The molecule has 0 heterocycles. The van der Waals surface area contributed by atoms with Gasteiger partial charge in [-0.1, -0.05) is 0 Å². The van der Waals surface area contributed by atoms with Gasteiger partial charge in [-0.25, -0.2) is 0 Å². The van der Waals surface area contributed by atoms with Crippen molar-refractivity contribution in [2.45, 2.75) is 33.2 Å². The molecule has 0 bridgehead atoms. The number of Topliss-reactive ketones (excluding diaryl/α,β-unsaturated/α-hetero) is 1. The summed E-state index contributed by atoms with van der Waals surface area (Å²) in [7, 11) is 4.95. The largest absolute Gasteiger partial charge is 0.496 e. The van der Waals surface area contributed by atoms with Gasteiger partial charge in [-0.3, -0.25) is 4.79 Å². The fourth-order valence-corrected chi connectivity index (χ4v) is 1.96. The molecule has 0 saturated carbocycles. The lowest BCUT2D eigenvalue weighted by molar-refractivity contribution is 0.0886. The summed E-state index contributed by atoms with van der Waals surface area (Å²) in [4.78, 5) is 12.6. The van der Waals surface area contributed by atoms with Crippen LogP contribution in [0.25, 0.3) is 0 Å². The van der Waals surface area contributed by atoms with Gasteiger partial charge in [0.25, 0.3) is 0 Å². The smallest absolute Gasteiger partial charge is 0.186 e. The molecular weight excluding hydrogens is 242 g/mol. The van der Waals surface area contributed by atoms with Gasteiger partial charge in [-0.2, -0.15) is 0 Å². The number of carbonyl (C=O) groups excluding carboxylic acids is 1. The third-order valence-corrected chi connectivity index (χ3v) is 3.65. The second-order valence-corrected chi connectivity index (χ2v) is 5.11. The fourth-order valence-electron chi connectivity index (χ4n) is 1.96. The van der Waals surface area contributed by atoms with Crippen LogP contribution < -0.4 is 14.8 Å². The van der Waals surface area contributed by atoms with Crippen LogP contribution in [-0.4, -0.2) is 32.6 Å². The average molecular weight is 265 g/mol. The van der Waals surface area contributed by atoms with Crippen LogP contribution in [0.2, 0.25) is 0 Å². The van der Waals surface area contributed by atoms with Gasteiger partial charge in [0.2, 0.25) is 0 Å². The molecule has 1 aromatic carbocycles. The highest BCUT2D eigenvalue weighted by Crippen LogP contribution is 2.35. The lowest BCUT2D eigenvalue weighted by Crippen LogP contribution is -2.44. The monoisotopic (exact) mass is 265 g/mol. The van der Waals surface area contributed by atoms with E-state index in [1.54, 1.807) is 27.3 Å². The molecular formula is C15H23NO3. The maximum absolute atomic E-state index is 12.6. The Morgan fingerprint density at radius 2 is 1.74 bits per heavy atom. The van der Waals surface area contributed by atoms with Crippen LogP contribution in [-0.2, 0) is 0 Å². The van der Waals surface area contributed by atoms with Crippen LogP contribution in [0, 0.1) is 13.8 Å². The second kappa shape index (κ2) is 5.61. The molecule has 0 atom stereocenters. The maximum atomic E-state index is 12.6. The zero-order valence-electron chi connectivity index (χ0n) is 12.8. The van der Waals surface area contributed by atoms with Gasteiger partial charge < -0.3 is 14.8 Å². The van der Waals surface area contributed by atoms with Gasteiger partial charge in [0.05, 0.1) is 25.3 Å². The minimum Gasteiger partial charge on any atom is -0.496 e. The highest BCUT2D eigenvalue weighted by Gasteiger charge is 2.30. The number of nitrogens with one attached hydrogen (secondary N) is 1. The summed E-state index contributed by atoms with van der Waals surface area (Å²) in [6, 6.07) is 1.75. The summed E-state index contributed by atoms with van der Waals surface area (Å²) in [5, 5.41) is 3.02. The lowest BCUT2D eigenvalue weighted by Gasteiger charge is -2.25. The quantitative estimate of drug-likeness (QED) is 0.831. The van der Waals surface area contributed by atoms with Gasteiger partial charge in [0, 0.05) is 0 Å². The number of likely N-dealkylation sites (N-methyl/N-ethyl adjacent to an activating group) is 1. The Balaban J connectivity index is 3.50. The van der Waals surface area contributed by atoms with Crippen molar-refractivity contribution < 1.29 is 14.3 Å². The zero-order chi connectivity index (χ0) is 14.8. The van der Waals surface area contributed by atoms with E-state index in [0.717, 1.165) is 11.1 Å². The highest BCUT2D eigenvalue weighted by atomic mass is 16.5. The SMILES string of the molecule is CNC(C)(C)C(=O)c1cc(OC)c(C)c(C)c1OC. The first-order valence-electron chi connectivity index (χ1n) is 6.26. The van der Waals surface area contributed by atoms with E-state index in [4.69, 9.17) is 9.47 Å². The molecule has 0 aromatic heterocycles. The van der Waals surface area contributed by atoms with Crippen LogP contribution in [0.5, 0.6) is 11.5 Å². The Labute approximate surface area is 115 Å². The van der Waals surface area contributed by atoms with E-state index in [2.05, 4.69) is 5.32 Å². The Kier molecular flexibility index (Phi) is 4.58. The number of carbonyl (C=O) groups is 1. The number of methoxy groups -OCH3 is 2. The van der Waals surface area contributed by atoms with Crippen LogP contribution >= 0.6 is 0 Å². The molecule has 0 aliphatic rings. The number of hydrogen-bond donors (Lipinski definition) is 1. The Hall–Kier alpha value is -1.55. The number of benzene rings is 1. The summed E-state index contributed by atoms with van der Waals surface area (Å²) < 4.78 is 10.7. The van der Waals surface area contributed by atoms with E-state index in [1.807, 2.05) is 27.7 Å². The molecule has 4 nitrogen and oxygen atoms in total. The summed E-state index contributed by atoms with van der Waals surface area (Å²) in [5.41, 5.74) is 1.80. The van der Waals surface area contributed by atoms with Crippen molar-refractivity contribution in [1.29, 1.82) is 0 Å². The van der Waals surface area contributed by atoms with Crippen LogP contribution in [0.3, 0.4) is 0 Å². The van der Waals surface area contributed by atoms with Crippen molar-refractivity contribution in [2.75, 3.05) is 21.3 Å². The standard InChI is InChI=1S/C15H23NO3/c1-9-10(2)13(19-7)11(8-12(9)18-6)14(17)15(3,4)16-5/h8,16H,1-7H3. The maximum Gasteiger partial charge on any atom is 0.186 e. The normalized spacial score (nSPS) is 11.3. The van der Waals surface area contributed by atoms with Crippen molar-refractivity contribution in [1.82, 2.24) is 5.32 Å². The molecule has 0 spiro atoms. The van der Waals surface area contributed by atoms with E-state index in [1.165, 1.54) is 0 Å². The van der Waals surface area contributed by atoms with Crippen LogP contribution in [0.1, 0.15) is 35.3 Å². The third-order valence-electron chi connectivity index (χ3n) is 3.65. The molecule has 1 aromatic rings. The minimum absolute atomic E-state index is 0.0201. The average Bonchev–Trinajstić information content (AvgIpc) is 2.40. The minimum atomic E-state index is -0.653. The van der Waals surface area contributed by atoms with Crippen molar-refractivity contribution in [3.8, 4) is 11.5 Å². The number of ketones is 1. The molecule has 1 N–H and O–H groups in total. The molecule has 0 aliphatic heterocycles. The summed E-state index contributed by atoms with van der Waals surface area (Å²) in [6.07, 6.45) is 0. The van der Waals surface area contributed by atoms with E-state index in [9.17, 15) is 4.79 Å². The first-order valence-corrected chi connectivity index (χ1v) is 6.26. The second-order valence-electron chi connectivity index (χ2n) is 5.11. The number of hydrogen-bond acceptors (Lipinski definition) is 4. The topological polar surface area (TPSA) is 47.6 Å². The van der Waals surface area contributed by atoms with Crippen molar-refractivity contribution >= 4 is 5.78 Å². The van der Waals surface area contributed by atoms with Crippen LogP contribution in [0.15, 0.2) is 6.07 Å². The molecule has 0 amide bonds. The molecule has 1 rings (SSSR count). The molecule has 19 heavy (non-hydrogen) atoms. The Morgan fingerprint density at radius 1 is 1.16 bits per heavy atom. The van der Waals surface area contributed by atoms with Gasteiger partial charge in [-0.15, -0.1) is 0 Å². The first kappa shape index (κ1) is 15.5. The van der Waals surface area contributed by atoms with Crippen LogP contribution in [0.4, 0.5) is 0 Å². The molecule has 0 radical (unpaired) electrons. The molecule has 0 fully saturated rings. The van der Waals surface area contributed by atoms with E-state index in [-0.39, 0.29) is 5.78 Å². The van der Waals surface area contributed by atoms with E-state index < -0.39 is 5.54 Å². The summed E-state index contributed by atoms with van der Waals surface area (Å²) >= 11 is 0. The Morgan fingerprint density at radius 3 is 2.16 bits per heavy atom. The van der Waals surface area contributed by atoms with Crippen molar-refractivity contribution in [3.05, 3.63) is 22.8 Å². The first-order chi connectivity index (χ1) is 8.80. The molecule has 0 aliphatic carbocycles. The van der Waals surface area contributed by atoms with Gasteiger partial charge in [0.15, 0.2) is 5.78 Å². The van der Waals surface area contributed by atoms with E-state index in [0.29, 0.717) is 17.1 Å². The summed E-state index contributed by atoms with van der Waals surface area (Å²) in [5.74, 6) is 1.30. The molecule has 0 unspecified atom stereocenters. The van der Waals surface area contributed by atoms with Crippen molar-refractivity contribution in [2.24, 2.45) is 0 Å². The molecule has 4 heteroatoms. The van der Waals surface area contributed by atoms with Gasteiger partial charge in [0.1, 0.15) is 11.5 Å². The predicted octanol–water partition coefficient (Wildman–Crippen LogP) is 2.50. The lowest BCUT2D eigenvalue weighted by atomic mass is 9.90. The number of rotatable bonds is 5.